The van der Waals surface area contributed by atoms with Crippen molar-refractivity contribution in [1.29, 1.82) is 0 Å². The lowest BCUT2D eigenvalue weighted by atomic mass is 9.92. The summed E-state index contributed by atoms with van der Waals surface area (Å²) in [5.74, 6) is 0. The van der Waals surface area contributed by atoms with Gasteiger partial charge in [-0.3, -0.25) is 0 Å². The molecule has 0 aliphatic carbocycles. The predicted molar refractivity (Wildman–Crippen MR) is 235 cm³/mol. The van der Waals surface area contributed by atoms with Crippen molar-refractivity contribution in [3.63, 3.8) is 0 Å². The molecular formula is C52H33NOS. The van der Waals surface area contributed by atoms with Crippen molar-refractivity contribution in [2.45, 2.75) is 0 Å². The van der Waals surface area contributed by atoms with Crippen LogP contribution in [0.3, 0.4) is 0 Å². The standard InChI is InChI=1S/C52H33NOS/c1-2-13-34(14-3-1)37-17-12-18-39(31-37)53(40-27-25-35-15-4-5-16-36(35)32-40)47-29-28-44(52-51(47)45-22-8-10-23-48(45)54-52)42-20-7-6-19-41(42)38-26-30-50-46(33-38)43-21-9-11-24-49(43)55-50/h1-33H. The van der Waals surface area contributed by atoms with Crippen LogP contribution in [0.4, 0.5) is 17.1 Å². The molecule has 0 saturated carbocycles. The molecule has 0 atom stereocenters. The number of fused-ring (bicyclic) bond motifs is 7. The Morgan fingerprint density at radius 1 is 0.382 bits per heavy atom. The molecule has 2 aromatic heterocycles. The Balaban J connectivity index is 1.16. The maximum atomic E-state index is 6.95. The van der Waals surface area contributed by atoms with Crippen molar-refractivity contribution >= 4 is 81.3 Å². The van der Waals surface area contributed by atoms with Crippen LogP contribution in [-0.4, -0.2) is 0 Å². The molecule has 0 aliphatic heterocycles. The van der Waals surface area contributed by atoms with E-state index in [0.29, 0.717) is 0 Å². The quantitative estimate of drug-likeness (QED) is 0.170. The van der Waals surface area contributed by atoms with Crippen molar-refractivity contribution in [1.82, 2.24) is 0 Å². The highest BCUT2D eigenvalue weighted by Gasteiger charge is 2.24. The summed E-state index contributed by atoms with van der Waals surface area (Å²) in [6.45, 7) is 0. The summed E-state index contributed by atoms with van der Waals surface area (Å²) in [6, 6.07) is 72.1. The minimum atomic E-state index is 0.867. The van der Waals surface area contributed by atoms with Gasteiger partial charge in [0.2, 0.25) is 0 Å². The summed E-state index contributed by atoms with van der Waals surface area (Å²) < 4.78 is 9.56. The fourth-order valence-electron chi connectivity index (χ4n) is 8.27. The Labute approximate surface area is 322 Å². The topological polar surface area (TPSA) is 16.4 Å². The lowest BCUT2D eigenvalue weighted by Gasteiger charge is -2.27. The van der Waals surface area contributed by atoms with Crippen LogP contribution in [0.2, 0.25) is 0 Å². The molecule has 0 fully saturated rings. The van der Waals surface area contributed by atoms with Crippen LogP contribution in [0, 0.1) is 0 Å². The molecule has 11 aromatic rings. The van der Waals surface area contributed by atoms with Gasteiger partial charge in [0.1, 0.15) is 11.2 Å². The van der Waals surface area contributed by atoms with Gasteiger partial charge in [-0.25, -0.2) is 0 Å². The van der Waals surface area contributed by atoms with Gasteiger partial charge in [-0.05, 0) is 99.3 Å². The van der Waals surface area contributed by atoms with Gasteiger partial charge in [-0.1, -0.05) is 140 Å². The van der Waals surface area contributed by atoms with Crippen LogP contribution in [0.15, 0.2) is 205 Å². The molecule has 11 rings (SSSR count). The third-order valence-electron chi connectivity index (χ3n) is 10.9. The summed E-state index contributed by atoms with van der Waals surface area (Å²) in [5, 5.41) is 7.17. The minimum Gasteiger partial charge on any atom is -0.455 e. The molecule has 0 amide bonds. The van der Waals surface area contributed by atoms with Gasteiger partial charge >= 0.3 is 0 Å². The zero-order valence-corrected chi connectivity index (χ0v) is 30.6. The van der Waals surface area contributed by atoms with Gasteiger partial charge < -0.3 is 9.32 Å². The number of hydrogen-bond donors (Lipinski definition) is 0. The first-order chi connectivity index (χ1) is 27.3. The van der Waals surface area contributed by atoms with Crippen LogP contribution in [0.1, 0.15) is 0 Å². The molecule has 2 nitrogen and oxygen atoms in total. The van der Waals surface area contributed by atoms with Gasteiger partial charge in [-0.2, -0.15) is 0 Å². The zero-order chi connectivity index (χ0) is 36.3. The number of para-hydroxylation sites is 1. The van der Waals surface area contributed by atoms with E-state index in [1.807, 2.05) is 11.3 Å². The van der Waals surface area contributed by atoms with Crippen LogP contribution < -0.4 is 4.90 Å². The van der Waals surface area contributed by atoms with Crippen molar-refractivity contribution in [3.05, 3.63) is 200 Å². The highest BCUT2D eigenvalue weighted by molar-refractivity contribution is 7.25. The fourth-order valence-corrected chi connectivity index (χ4v) is 9.36. The molecule has 0 aliphatic rings. The van der Waals surface area contributed by atoms with E-state index >= 15 is 0 Å². The molecule has 0 bridgehead atoms. The Hall–Kier alpha value is -6.94. The second-order valence-electron chi connectivity index (χ2n) is 14.1. The van der Waals surface area contributed by atoms with Gasteiger partial charge in [0.25, 0.3) is 0 Å². The lowest BCUT2D eigenvalue weighted by Crippen LogP contribution is -2.10. The molecule has 9 aromatic carbocycles. The van der Waals surface area contributed by atoms with E-state index in [4.69, 9.17) is 4.42 Å². The van der Waals surface area contributed by atoms with E-state index in [1.165, 1.54) is 47.6 Å². The van der Waals surface area contributed by atoms with E-state index in [-0.39, 0.29) is 0 Å². The van der Waals surface area contributed by atoms with Gasteiger partial charge in [-0.15, -0.1) is 11.3 Å². The molecule has 0 unspecified atom stereocenters. The Kier molecular flexibility index (Phi) is 7.39. The second-order valence-corrected chi connectivity index (χ2v) is 15.2. The summed E-state index contributed by atoms with van der Waals surface area (Å²) in [5.41, 5.74) is 11.9. The van der Waals surface area contributed by atoms with Gasteiger partial charge in [0.05, 0.1) is 11.1 Å². The van der Waals surface area contributed by atoms with Crippen LogP contribution >= 0.6 is 11.3 Å². The van der Waals surface area contributed by atoms with E-state index in [2.05, 4.69) is 205 Å². The van der Waals surface area contributed by atoms with Gasteiger partial charge in [0, 0.05) is 42.5 Å². The first kappa shape index (κ1) is 31.6. The minimum absolute atomic E-state index is 0.867. The molecule has 2 heterocycles. The Bertz CT molecular complexity index is 3230. The lowest BCUT2D eigenvalue weighted by molar-refractivity contribution is 0.670. The van der Waals surface area contributed by atoms with Crippen LogP contribution in [-0.2, 0) is 0 Å². The highest BCUT2D eigenvalue weighted by atomic mass is 32.1. The van der Waals surface area contributed by atoms with Crippen molar-refractivity contribution in [2.75, 3.05) is 4.90 Å². The molecule has 0 radical (unpaired) electrons. The monoisotopic (exact) mass is 719 g/mol. The van der Waals surface area contributed by atoms with Crippen LogP contribution in [0.5, 0.6) is 0 Å². The molecule has 258 valence electrons. The number of anilines is 3. The molecule has 0 saturated heterocycles. The molecule has 0 spiro atoms. The number of nitrogens with zero attached hydrogens (tertiary/aromatic N) is 1. The van der Waals surface area contributed by atoms with E-state index < -0.39 is 0 Å². The predicted octanol–water partition coefficient (Wildman–Crippen LogP) is 15.6. The summed E-state index contributed by atoms with van der Waals surface area (Å²) in [4.78, 5) is 2.40. The van der Waals surface area contributed by atoms with E-state index in [0.717, 1.165) is 55.7 Å². The molecule has 0 N–H and O–H groups in total. The highest BCUT2D eigenvalue weighted by Crippen LogP contribution is 2.48. The van der Waals surface area contributed by atoms with Crippen molar-refractivity contribution < 1.29 is 4.42 Å². The SMILES string of the molecule is c1ccc(-c2cccc(N(c3ccc4ccccc4c3)c3ccc(-c4ccccc4-c4ccc5sc6ccccc6c5c4)c4oc5ccccc5c34)c2)cc1. The maximum Gasteiger partial charge on any atom is 0.145 e. The Morgan fingerprint density at radius 3 is 2.00 bits per heavy atom. The number of furan rings is 1. The first-order valence-electron chi connectivity index (χ1n) is 18.7. The zero-order valence-electron chi connectivity index (χ0n) is 29.8. The number of hydrogen-bond acceptors (Lipinski definition) is 3. The fraction of sp³-hybridized carbons (Fsp3) is 0. The van der Waals surface area contributed by atoms with Crippen molar-refractivity contribution in [2.24, 2.45) is 0 Å². The first-order valence-corrected chi connectivity index (χ1v) is 19.5. The average Bonchev–Trinajstić information content (AvgIpc) is 3.83. The summed E-state index contributed by atoms with van der Waals surface area (Å²) in [7, 11) is 0. The number of thiophene rings is 1. The van der Waals surface area contributed by atoms with Crippen LogP contribution in [0.25, 0.3) is 86.3 Å². The third-order valence-corrected chi connectivity index (χ3v) is 12.0. The van der Waals surface area contributed by atoms with Crippen molar-refractivity contribution in [3.8, 4) is 33.4 Å². The maximum absolute atomic E-state index is 6.95. The Morgan fingerprint density at radius 2 is 1.09 bits per heavy atom. The summed E-state index contributed by atoms with van der Waals surface area (Å²) >= 11 is 1.85. The smallest absolute Gasteiger partial charge is 0.145 e. The molecular weight excluding hydrogens is 687 g/mol. The number of rotatable bonds is 6. The molecule has 55 heavy (non-hydrogen) atoms. The molecule has 3 heteroatoms. The number of benzene rings is 9. The largest absolute Gasteiger partial charge is 0.455 e. The third kappa shape index (κ3) is 5.32. The normalized spacial score (nSPS) is 11.6. The average molecular weight is 720 g/mol. The van der Waals surface area contributed by atoms with E-state index in [9.17, 15) is 0 Å². The van der Waals surface area contributed by atoms with E-state index in [1.54, 1.807) is 0 Å². The summed E-state index contributed by atoms with van der Waals surface area (Å²) in [6.07, 6.45) is 0. The van der Waals surface area contributed by atoms with Gasteiger partial charge in [0.15, 0.2) is 0 Å². The second kappa shape index (κ2) is 12.9.